The first kappa shape index (κ1) is 19.3. The van der Waals surface area contributed by atoms with E-state index in [-0.39, 0.29) is 12.0 Å². The Kier molecular flexibility index (Phi) is 5.69. The van der Waals surface area contributed by atoms with E-state index in [0.29, 0.717) is 30.0 Å². The zero-order valence-electron chi connectivity index (χ0n) is 16.5. The Hall–Kier alpha value is -3.02. The monoisotopic (exact) mass is 395 g/mol. The summed E-state index contributed by atoms with van der Waals surface area (Å²) in [5, 5.41) is 0. The number of ether oxygens (including phenoxy) is 3. The minimum absolute atomic E-state index is 0.201. The first-order valence-electron chi connectivity index (χ1n) is 10.1. The summed E-state index contributed by atoms with van der Waals surface area (Å²) in [5.74, 6) is 1.01. The van der Waals surface area contributed by atoms with Gasteiger partial charge in [0.15, 0.2) is 11.5 Å². The fourth-order valence-electron chi connectivity index (χ4n) is 3.91. The summed E-state index contributed by atoms with van der Waals surface area (Å²) >= 11 is 0. The lowest BCUT2D eigenvalue weighted by molar-refractivity contribution is 0.0226. The predicted molar refractivity (Wildman–Crippen MR) is 107 cm³/mol. The van der Waals surface area contributed by atoms with E-state index in [1.807, 2.05) is 24.3 Å². The molecule has 0 N–H and O–H groups in total. The molecule has 1 aliphatic carbocycles. The van der Waals surface area contributed by atoms with Crippen LogP contribution in [0.4, 0.5) is 4.79 Å². The molecule has 152 valence electrons. The third-order valence-corrected chi connectivity index (χ3v) is 5.50. The van der Waals surface area contributed by atoms with E-state index in [9.17, 15) is 9.59 Å². The normalized spacial score (nSPS) is 19.7. The number of benzene rings is 2. The molecule has 6 nitrogen and oxygen atoms in total. The zero-order valence-corrected chi connectivity index (χ0v) is 16.5. The van der Waals surface area contributed by atoms with Crippen LogP contribution >= 0.6 is 0 Å². The van der Waals surface area contributed by atoms with E-state index in [4.69, 9.17) is 14.2 Å². The van der Waals surface area contributed by atoms with Crippen LogP contribution in [0.1, 0.15) is 54.1 Å². The van der Waals surface area contributed by atoms with Gasteiger partial charge in [-0.25, -0.2) is 9.69 Å². The van der Waals surface area contributed by atoms with Gasteiger partial charge in [-0.05, 0) is 55.5 Å². The van der Waals surface area contributed by atoms with Crippen LogP contribution in [0.15, 0.2) is 48.5 Å². The van der Waals surface area contributed by atoms with Crippen molar-refractivity contribution in [3.8, 4) is 11.5 Å². The van der Waals surface area contributed by atoms with Crippen molar-refractivity contribution in [1.82, 2.24) is 4.90 Å². The van der Waals surface area contributed by atoms with Gasteiger partial charge in [0.25, 0.3) is 5.91 Å². The minimum Gasteiger partial charge on any atom is -0.493 e. The Morgan fingerprint density at radius 2 is 1.79 bits per heavy atom. The Labute approximate surface area is 170 Å². The Morgan fingerprint density at radius 1 is 1.03 bits per heavy atom. The number of nitrogens with zero attached hydrogens (tertiary/aromatic N) is 1. The smallest absolute Gasteiger partial charge is 0.417 e. The Bertz CT molecular complexity index is 876. The van der Waals surface area contributed by atoms with Gasteiger partial charge in [-0.15, -0.1) is 0 Å². The lowest BCUT2D eigenvalue weighted by atomic mass is 10.0. The number of hydrogen-bond donors (Lipinski definition) is 0. The third-order valence-electron chi connectivity index (χ3n) is 5.50. The van der Waals surface area contributed by atoms with Gasteiger partial charge in [-0.2, -0.15) is 0 Å². The molecule has 2 fully saturated rings. The first-order valence-corrected chi connectivity index (χ1v) is 10.1. The second-order valence-electron chi connectivity index (χ2n) is 7.42. The maximum absolute atomic E-state index is 12.6. The van der Waals surface area contributed by atoms with Crippen molar-refractivity contribution in [2.75, 3.05) is 13.7 Å². The van der Waals surface area contributed by atoms with Gasteiger partial charge in [0, 0.05) is 18.5 Å². The molecular formula is C23H25NO5. The third kappa shape index (κ3) is 4.21. The first-order chi connectivity index (χ1) is 14.2. The molecule has 6 heteroatoms. The molecule has 2 aromatic rings. The van der Waals surface area contributed by atoms with Gasteiger partial charge in [-0.3, -0.25) is 4.79 Å². The Morgan fingerprint density at radius 3 is 2.48 bits per heavy atom. The van der Waals surface area contributed by atoms with Crippen LogP contribution in [0.25, 0.3) is 0 Å². The number of carbonyl (C=O) groups is 2. The second kappa shape index (κ2) is 8.55. The van der Waals surface area contributed by atoms with Crippen molar-refractivity contribution in [3.63, 3.8) is 0 Å². The van der Waals surface area contributed by atoms with Gasteiger partial charge in [0.2, 0.25) is 0 Å². The molecule has 1 unspecified atom stereocenters. The lowest BCUT2D eigenvalue weighted by Crippen LogP contribution is -2.43. The van der Waals surface area contributed by atoms with Gasteiger partial charge < -0.3 is 14.2 Å². The highest BCUT2D eigenvalue weighted by Crippen LogP contribution is 2.36. The molecule has 2 aliphatic rings. The highest BCUT2D eigenvalue weighted by molar-refractivity contribution is 6.03. The minimum atomic E-state index is -0.621. The second-order valence-corrected chi connectivity index (χ2v) is 7.42. The molecule has 1 saturated carbocycles. The molecule has 4 rings (SSSR count). The molecule has 1 heterocycles. The fourth-order valence-corrected chi connectivity index (χ4v) is 3.91. The highest BCUT2D eigenvalue weighted by Gasteiger charge is 2.33. The number of hydrogen-bond acceptors (Lipinski definition) is 5. The van der Waals surface area contributed by atoms with Gasteiger partial charge in [0.1, 0.15) is 6.10 Å². The number of imide groups is 1. The molecule has 0 aromatic heterocycles. The van der Waals surface area contributed by atoms with E-state index in [0.717, 1.165) is 23.3 Å². The van der Waals surface area contributed by atoms with Crippen LogP contribution in [0.2, 0.25) is 0 Å². The van der Waals surface area contributed by atoms with E-state index in [1.54, 1.807) is 31.4 Å². The molecule has 1 saturated heterocycles. The summed E-state index contributed by atoms with van der Waals surface area (Å²) in [6, 6.07) is 14.4. The summed E-state index contributed by atoms with van der Waals surface area (Å²) in [6.07, 6.45) is 4.14. The molecule has 1 aliphatic heterocycles. The molecule has 0 bridgehead atoms. The van der Waals surface area contributed by atoms with Crippen molar-refractivity contribution >= 4 is 12.0 Å². The van der Waals surface area contributed by atoms with Crippen molar-refractivity contribution in [2.45, 2.75) is 44.3 Å². The van der Waals surface area contributed by atoms with Crippen LogP contribution in [0.3, 0.4) is 0 Å². The predicted octanol–water partition coefficient (Wildman–Crippen LogP) is 4.74. The standard InChI is InChI=1S/C23H25NO5/c1-27-20-12-11-17(15-21(20)28-18-9-5-6-10-18)19-13-14-24(23(26)29-19)22(25)16-7-3-2-4-8-16/h2-4,7-8,11-12,15,18-19H,5-6,9-10,13-14H2,1H3. The van der Waals surface area contributed by atoms with E-state index in [2.05, 4.69) is 0 Å². The van der Waals surface area contributed by atoms with Crippen molar-refractivity contribution < 1.29 is 23.8 Å². The number of carbonyl (C=O) groups excluding carboxylic acids is 2. The summed E-state index contributed by atoms with van der Waals surface area (Å²) in [6.45, 7) is 0.308. The quantitative estimate of drug-likeness (QED) is 0.732. The van der Waals surface area contributed by atoms with Gasteiger partial charge in [0.05, 0.1) is 13.2 Å². The molecule has 2 amide bonds. The lowest BCUT2D eigenvalue weighted by Gasteiger charge is -2.31. The SMILES string of the molecule is COc1ccc(C2CCN(C(=O)c3ccccc3)C(=O)O2)cc1OC1CCCC1. The molecule has 29 heavy (non-hydrogen) atoms. The number of rotatable bonds is 5. The maximum Gasteiger partial charge on any atom is 0.417 e. The summed E-state index contributed by atoms with van der Waals surface area (Å²) in [5.41, 5.74) is 1.32. The van der Waals surface area contributed by atoms with E-state index >= 15 is 0 Å². The highest BCUT2D eigenvalue weighted by atomic mass is 16.6. The summed E-state index contributed by atoms with van der Waals surface area (Å²) < 4.78 is 17.2. The molecular weight excluding hydrogens is 370 g/mol. The van der Waals surface area contributed by atoms with Gasteiger partial charge >= 0.3 is 6.09 Å². The molecule has 0 radical (unpaired) electrons. The van der Waals surface area contributed by atoms with E-state index < -0.39 is 12.2 Å². The average Bonchev–Trinajstić information content (AvgIpc) is 3.27. The average molecular weight is 395 g/mol. The molecule has 1 atom stereocenters. The zero-order chi connectivity index (χ0) is 20.2. The van der Waals surface area contributed by atoms with Crippen LogP contribution in [-0.4, -0.2) is 36.7 Å². The van der Waals surface area contributed by atoms with E-state index in [1.165, 1.54) is 12.8 Å². The number of cyclic esters (lactones) is 1. The number of amides is 2. The number of methoxy groups -OCH3 is 1. The topological polar surface area (TPSA) is 65.1 Å². The maximum atomic E-state index is 12.6. The van der Waals surface area contributed by atoms with Crippen LogP contribution in [0.5, 0.6) is 11.5 Å². The van der Waals surface area contributed by atoms with Crippen LogP contribution in [0, 0.1) is 0 Å². The van der Waals surface area contributed by atoms with Crippen molar-refractivity contribution in [2.24, 2.45) is 0 Å². The van der Waals surface area contributed by atoms with Gasteiger partial charge in [-0.1, -0.05) is 24.3 Å². The Balaban J connectivity index is 1.47. The van der Waals surface area contributed by atoms with Crippen LogP contribution in [-0.2, 0) is 4.74 Å². The summed E-state index contributed by atoms with van der Waals surface area (Å²) in [7, 11) is 1.62. The van der Waals surface area contributed by atoms with Crippen molar-refractivity contribution in [1.29, 1.82) is 0 Å². The largest absolute Gasteiger partial charge is 0.493 e. The molecule has 0 spiro atoms. The fraction of sp³-hybridized carbons (Fsp3) is 0.391. The van der Waals surface area contributed by atoms with Crippen molar-refractivity contribution in [3.05, 3.63) is 59.7 Å². The summed E-state index contributed by atoms with van der Waals surface area (Å²) in [4.78, 5) is 26.2. The van der Waals surface area contributed by atoms with Crippen LogP contribution < -0.4 is 9.47 Å². The molecule has 2 aromatic carbocycles.